The molecule has 1 atom stereocenters. The van der Waals surface area contributed by atoms with Gasteiger partial charge in [0.25, 0.3) is 0 Å². The summed E-state index contributed by atoms with van der Waals surface area (Å²) in [6.45, 7) is 4.68. The summed E-state index contributed by atoms with van der Waals surface area (Å²) in [5, 5.41) is 6.96. The molecular weight excluding hydrogens is 328 g/mol. The minimum atomic E-state index is 0.185. The number of aryl methyl sites for hydroxylation is 1. The number of rotatable bonds is 4. The average molecular weight is 354 g/mol. The van der Waals surface area contributed by atoms with Crippen LogP contribution in [0.1, 0.15) is 35.8 Å². The van der Waals surface area contributed by atoms with Crippen LogP contribution in [-0.2, 0) is 6.42 Å². The summed E-state index contributed by atoms with van der Waals surface area (Å²) in [4.78, 5) is 9.28. The van der Waals surface area contributed by atoms with Gasteiger partial charge in [0.15, 0.2) is 11.5 Å². The minimum absolute atomic E-state index is 0.185. The van der Waals surface area contributed by atoms with E-state index in [0.29, 0.717) is 12.5 Å². The fourth-order valence-electron chi connectivity index (χ4n) is 3.85. The van der Waals surface area contributed by atoms with Gasteiger partial charge in [-0.3, -0.25) is 0 Å². The van der Waals surface area contributed by atoms with Crippen LogP contribution < -0.4 is 20.1 Å². The van der Waals surface area contributed by atoms with E-state index in [1.165, 1.54) is 0 Å². The molecule has 1 aromatic heterocycles. The van der Waals surface area contributed by atoms with E-state index in [1.54, 1.807) is 7.11 Å². The number of nitrogens with zero attached hydrogens (tertiary/aromatic N) is 2. The highest BCUT2D eigenvalue weighted by Gasteiger charge is 2.24. The van der Waals surface area contributed by atoms with Crippen LogP contribution in [0.4, 0.5) is 5.82 Å². The van der Waals surface area contributed by atoms with E-state index in [0.717, 1.165) is 66.8 Å². The normalized spacial score (nSPS) is 20.2. The molecule has 0 aliphatic carbocycles. The number of methoxy groups -OCH3 is 1. The Labute approximate surface area is 154 Å². The molecule has 0 radical (unpaired) electrons. The molecule has 4 rings (SSSR count). The van der Waals surface area contributed by atoms with Crippen molar-refractivity contribution in [3.8, 4) is 11.5 Å². The average Bonchev–Trinajstić information content (AvgIpc) is 2.67. The highest BCUT2D eigenvalue weighted by Crippen LogP contribution is 2.35. The molecule has 138 valence electrons. The van der Waals surface area contributed by atoms with Crippen LogP contribution in [0.25, 0.3) is 0 Å². The van der Waals surface area contributed by atoms with Gasteiger partial charge in [-0.1, -0.05) is 12.1 Å². The summed E-state index contributed by atoms with van der Waals surface area (Å²) in [5.74, 6) is 3.90. The van der Waals surface area contributed by atoms with E-state index < -0.39 is 0 Å². The minimum Gasteiger partial charge on any atom is -0.493 e. The zero-order valence-electron chi connectivity index (χ0n) is 15.4. The van der Waals surface area contributed by atoms with Crippen molar-refractivity contribution in [2.24, 2.45) is 0 Å². The lowest BCUT2D eigenvalue weighted by Crippen LogP contribution is -2.34. The zero-order valence-corrected chi connectivity index (χ0v) is 15.4. The summed E-state index contributed by atoms with van der Waals surface area (Å²) in [7, 11) is 1.68. The predicted octanol–water partition coefficient (Wildman–Crippen LogP) is 2.68. The Morgan fingerprint density at radius 1 is 1.23 bits per heavy atom. The molecule has 2 aliphatic heterocycles. The molecule has 2 aliphatic rings. The first-order valence-corrected chi connectivity index (χ1v) is 9.34. The van der Waals surface area contributed by atoms with Crippen LogP contribution >= 0.6 is 0 Å². The van der Waals surface area contributed by atoms with Gasteiger partial charge >= 0.3 is 0 Å². The van der Waals surface area contributed by atoms with Gasteiger partial charge in [0, 0.05) is 23.2 Å². The molecule has 1 aromatic carbocycles. The second kappa shape index (κ2) is 7.50. The van der Waals surface area contributed by atoms with Gasteiger partial charge in [-0.05, 0) is 45.3 Å². The van der Waals surface area contributed by atoms with Crippen molar-refractivity contribution >= 4 is 5.82 Å². The zero-order chi connectivity index (χ0) is 17.9. The number of anilines is 1. The largest absolute Gasteiger partial charge is 0.493 e. The first-order valence-electron chi connectivity index (χ1n) is 9.34. The van der Waals surface area contributed by atoms with Crippen molar-refractivity contribution in [2.45, 2.75) is 38.1 Å². The fourth-order valence-corrected chi connectivity index (χ4v) is 3.85. The lowest BCUT2D eigenvalue weighted by molar-refractivity contribution is 0.256. The Bertz CT molecular complexity index is 774. The number of benzene rings is 1. The number of fused-ring (bicyclic) bond motifs is 1. The second-order valence-electron chi connectivity index (χ2n) is 7.05. The third kappa shape index (κ3) is 3.60. The summed E-state index contributed by atoms with van der Waals surface area (Å²) < 4.78 is 11.4. The van der Waals surface area contributed by atoms with Gasteiger partial charge in [0.05, 0.1) is 13.2 Å². The topological polar surface area (TPSA) is 68.3 Å². The van der Waals surface area contributed by atoms with Crippen molar-refractivity contribution in [2.75, 3.05) is 32.1 Å². The maximum absolute atomic E-state index is 5.97. The van der Waals surface area contributed by atoms with Gasteiger partial charge in [0.2, 0.25) is 0 Å². The van der Waals surface area contributed by atoms with Crippen LogP contribution in [0.3, 0.4) is 0 Å². The first kappa shape index (κ1) is 17.1. The van der Waals surface area contributed by atoms with Crippen LogP contribution in [0, 0.1) is 6.92 Å². The SMILES string of the molecule is COc1cccc2c1OC[C@@H](Nc1cc(C3CCNCC3)nc(C)n1)C2. The maximum atomic E-state index is 5.97. The molecule has 1 saturated heterocycles. The fraction of sp³-hybridized carbons (Fsp3) is 0.500. The second-order valence-corrected chi connectivity index (χ2v) is 7.05. The Kier molecular flexibility index (Phi) is 4.93. The lowest BCUT2D eigenvalue weighted by Gasteiger charge is -2.28. The van der Waals surface area contributed by atoms with Crippen LogP contribution in [0.15, 0.2) is 24.3 Å². The lowest BCUT2D eigenvalue weighted by atomic mass is 9.94. The van der Waals surface area contributed by atoms with Gasteiger partial charge < -0.3 is 20.1 Å². The number of ether oxygens (including phenoxy) is 2. The van der Waals surface area contributed by atoms with Crippen molar-refractivity contribution < 1.29 is 9.47 Å². The van der Waals surface area contributed by atoms with Gasteiger partial charge in [0.1, 0.15) is 18.2 Å². The molecule has 0 spiro atoms. The van der Waals surface area contributed by atoms with E-state index in [9.17, 15) is 0 Å². The summed E-state index contributed by atoms with van der Waals surface area (Å²) in [6.07, 6.45) is 3.16. The predicted molar refractivity (Wildman–Crippen MR) is 101 cm³/mol. The molecule has 0 amide bonds. The highest BCUT2D eigenvalue weighted by atomic mass is 16.5. The number of aromatic nitrogens is 2. The van der Waals surface area contributed by atoms with E-state index in [-0.39, 0.29) is 6.04 Å². The molecule has 2 aromatic rings. The number of piperidine rings is 1. The third-order valence-electron chi connectivity index (χ3n) is 5.14. The van der Waals surface area contributed by atoms with E-state index >= 15 is 0 Å². The van der Waals surface area contributed by atoms with Gasteiger partial charge in [-0.2, -0.15) is 0 Å². The van der Waals surface area contributed by atoms with Crippen molar-refractivity contribution in [1.29, 1.82) is 0 Å². The van der Waals surface area contributed by atoms with E-state index in [1.807, 2.05) is 19.1 Å². The number of hydrogen-bond acceptors (Lipinski definition) is 6. The Morgan fingerprint density at radius 3 is 2.88 bits per heavy atom. The van der Waals surface area contributed by atoms with Crippen molar-refractivity contribution in [1.82, 2.24) is 15.3 Å². The Hall–Kier alpha value is -2.34. The van der Waals surface area contributed by atoms with Crippen LogP contribution in [-0.4, -0.2) is 42.8 Å². The van der Waals surface area contributed by atoms with E-state index in [2.05, 4.69) is 32.7 Å². The Balaban J connectivity index is 1.50. The Morgan fingerprint density at radius 2 is 2.08 bits per heavy atom. The molecule has 1 fully saturated rings. The summed E-state index contributed by atoms with van der Waals surface area (Å²) >= 11 is 0. The standard InChI is InChI=1S/C20H26N4O2/c1-13-22-17(14-6-8-21-9-7-14)11-19(23-13)24-16-10-15-4-3-5-18(25-2)20(15)26-12-16/h3-5,11,14,16,21H,6-10,12H2,1-2H3,(H,22,23,24)/t16-/m0/s1. The number of para-hydroxylation sites is 1. The number of nitrogens with one attached hydrogen (secondary N) is 2. The van der Waals surface area contributed by atoms with Crippen molar-refractivity contribution in [3.05, 3.63) is 41.3 Å². The van der Waals surface area contributed by atoms with Crippen LogP contribution in [0.5, 0.6) is 11.5 Å². The molecule has 26 heavy (non-hydrogen) atoms. The van der Waals surface area contributed by atoms with E-state index in [4.69, 9.17) is 9.47 Å². The molecule has 2 N–H and O–H groups in total. The summed E-state index contributed by atoms with van der Waals surface area (Å²) in [6, 6.07) is 8.34. The van der Waals surface area contributed by atoms with Gasteiger partial charge in [-0.15, -0.1) is 0 Å². The maximum Gasteiger partial charge on any atom is 0.164 e. The monoisotopic (exact) mass is 354 g/mol. The summed E-state index contributed by atoms with van der Waals surface area (Å²) in [5.41, 5.74) is 2.32. The van der Waals surface area contributed by atoms with Crippen LogP contribution in [0.2, 0.25) is 0 Å². The molecule has 6 nitrogen and oxygen atoms in total. The molecule has 0 saturated carbocycles. The number of hydrogen-bond donors (Lipinski definition) is 2. The molecule has 6 heteroatoms. The molecule has 3 heterocycles. The quantitative estimate of drug-likeness (QED) is 0.880. The molecular formula is C20H26N4O2. The first-order chi connectivity index (χ1) is 12.7. The molecule has 0 bridgehead atoms. The van der Waals surface area contributed by atoms with Crippen molar-refractivity contribution in [3.63, 3.8) is 0 Å². The van der Waals surface area contributed by atoms with Gasteiger partial charge in [-0.25, -0.2) is 9.97 Å². The highest BCUT2D eigenvalue weighted by molar-refractivity contribution is 5.49. The molecule has 0 unspecified atom stereocenters. The third-order valence-corrected chi connectivity index (χ3v) is 5.14. The smallest absolute Gasteiger partial charge is 0.164 e.